The Balaban J connectivity index is 0.000000342. The van der Waals surface area contributed by atoms with Gasteiger partial charge in [-0.15, -0.1) is 0 Å². The second kappa shape index (κ2) is 16.2. The molecular formula is C16H38N4O. The highest BCUT2D eigenvalue weighted by molar-refractivity contribution is 4.63. The average Bonchev–Trinajstić information content (AvgIpc) is 2.58. The highest BCUT2D eigenvalue weighted by Crippen LogP contribution is 2.06. The number of hydrogen-bond acceptors (Lipinski definition) is 5. The van der Waals surface area contributed by atoms with Gasteiger partial charge in [0, 0.05) is 26.2 Å². The topological polar surface area (TPSA) is 67.7 Å². The molecule has 128 valence electrons. The Labute approximate surface area is 132 Å². The van der Waals surface area contributed by atoms with E-state index < -0.39 is 0 Å². The number of rotatable bonds is 5. The van der Waals surface area contributed by atoms with Crippen LogP contribution >= 0.6 is 0 Å². The summed E-state index contributed by atoms with van der Waals surface area (Å²) in [6.07, 6.45) is 5.28. The molecule has 0 saturated carbocycles. The molecule has 0 radical (unpaired) electrons. The van der Waals surface area contributed by atoms with Crippen LogP contribution in [0.15, 0.2) is 0 Å². The molecule has 2 aliphatic heterocycles. The monoisotopic (exact) mass is 302 g/mol. The van der Waals surface area contributed by atoms with Gasteiger partial charge in [-0.05, 0) is 45.4 Å². The summed E-state index contributed by atoms with van der Waals surface area (Å²) in [5.74, 6) is 0. The Hall–Kier alpha value is -0.200. The molecule has 0 unspecified atom stereocenters. The molecule has 21 heavy (non-hydrogen) atoms. The van der Waals surface area contributed by atoms with Gasteiger partial charge in [0.05, 0.1) is 13.2 Å². The minimum absolute atomic E-state index is 0.803. The Kier molecular flexibility index (Phi) is 16.0. The first-order chi connectivity index (χ1) is 10.4. The maximum atomic E-state index is 5.42. The smallest absolute Gasteiger partial charge is 0.0594 e. The normalized spacial score (nSPS) is 20.0. The van der Waals surface area contributed by atoms with Gasteiger partial charge in [0.15, 0.2) is 0 Å². The molecule has 2 saturated heterocycles. The van der Waals surface area contributed by atoms with Crippen LogP contribution in [0.3, 0.4) is 0 Å². The van der Waals surface area contributed by atoms with E-state index in [0.717, 1.165) is 58.9 Å². The van der Waals surface area contributed by atoms with Gasteiger partial charge in [-0.1, -0.05) is 20.3 Å². The van der Waals surface area contributed by atoms with Crippen LogP contribution in [0.1, 0.15) is 39.5 Å². The number of nitrogens with two attached hydrogens (primary N) is 2. The fourth-order valence-corrected chi connectivity index (χ4v) is 2.51. The van der Waals surface area contributed by atoms with Crippen molar-refractivity contribution in [3.05, 3.63) is 0 Å². The quantitative estimate of drug-likeness (QED) is 0.797. The van der Waals surface area contributed by atoms with Crippen LogP contribution in [0.2, 0.25) is 0 Å². The van der Waals surface area contributed by atoms with Crippen LogP contribution in [0.4, 0.5) is 0 Å². The number of nitrogens with zero attached hydrogens (tertiary/aromatic N) is 2. The van der Waals surface area contributed by atoms with Gasteiger partial charge in [0.25, 0.3) is 0 Å². The van der Waals surface area contributed by atoms with Gasteiger partial charge in [0.2, 0.25) is 0 Å². The van der Waals surface area contributed by atoms with E-state index in [-0.39, 0.29) is 0 Å². The van der Waals surface area contributed by atoms with E-state index in [4.69, 9.17) is 16.2 Å². The van der Waals surface area contributed by atoms with Crippen LogP contribution in [0.25, 0.3) is 0 Å². The van der Waals surface area contributed by atoms with Gasteiger partial charge in [-0.25, -0.2) is 0 Å². The van der Waals surface area contributed by atoms with Crippen molar-refractivity contribution < 1.29 is 4.74 Å². The Morgan fingerprint density at radius 1 is 0.762 bits per heavy atom. The summed E-state index contributed by atoms with van der Waals surface area (Å²) in [4.78, 5) is 4.85. The predicted molar refractivity (Wildman–Crippen MR) is 91.6 cm³/mol. The highest BCUT2D eigenvalue weighted by atomic mass is 16.5. The first-order valence-corrected chi connectivity index (χ1v) is 8.79. The largest absolute Gasteiger partial charge is 0.379 e. The zero-order valence-corrected chi connectivity index (χ0v) is 14.4. The molecule has 0 spiro atoms. The first kappa shape index (κ1) is 20.8. The molecule has 2 rings (SSSR count). The molecule has 5 heteroatoms. The summed E-state index contributed by atoms with van der Waals surface area (Å²) in [7, 11) is 0. The predicted octanol–water partition coefficient (Wildman–Crippen LogP) is 1.12. The van der Waals surface area contributed by atoms with E-state index in [2.05, 4.69) is 9.80 Å². The summed E-state index contributed by atoms with van der Waals surface area (Å²) in [6.45, 7) is 14.4. The lowest BCUT2D eigenvalue weighted by molar-refractivity contribution is 0.0377. The summed E-state index contributed by atoms with van der Waals surface area (Å²) in [5, 5.41) is 0. The summed E-state index contributed by atoms with van der Waals surface area (Å²) >= 11 is 0. The Morgan fingerprint density at radius 2 is 1.33 bits per heavy atom. The molecule has 0 aromatic heterocycles. The molecule has 4 N–H and O–H groups in total. The molecule has 0 bridgehead atoms. The number of piperidine rings is 1. The summed E-state index contributed by atoms with van der Waals surface area (Å²) < 4.78 is 5.21. The molecule has 2 aliphatic rings. The fourth-order valence-electron chi connectivity index (χ4n) is 2.51. The molecule has 0 amide bonds. The first-order valence-electron chi connectivity index (χ1n) is 8.79. The number of morpholine rings is 1. The van der Waals surface area contributed by atoms with Crippen LogP contribution in [-0.2, 0) is 4.74 Å². The average molecular weight is 303 g/mol. The van der Waals surface area contributed by atoms with Crippen molar-refractivity contribution in [3.63, 3.8) is 0 Å². The third kappa shape index (κ3) is 12.1. The number of ether oxygens (including phenoxy) is 1. The summed E-state index contributed by atoms with van der Waals surface area (Å²) in [6, 6.07) is 0. The molecule has 5 nitrogen and oxygen atoms in total. The molecule has 0 aliphatic carbocycles. The molecule has 0 aromatic rings. The Morgan fingerprint density at radius 3 is 1.86 bits per heavy atom. The fraction of sp³-hybridized carbons (Fsp3) is 1.00. The van der Waals surface area contributed by atoms with Gasteiger partial charge < -0.3 is 21.1 Å². The number of likely N-dealkylation sites (tertiary alicyclic amines) is 1. The number of hydrogen-bond donors (Lipinski definition) is 2. The van der Waals surface area contributed by atoms with E-state index in [9.17, 15) is 0 Å². The van der Waals surface area contributed by atoms with Crippen LogP contribution in [0.5, 0.6) is 0 Å². The lowest BCUT2D eigenvalue weighted by Crippen LogP contribution is -2.37. The van der Waals surface area contributed by atoms with Crippen molar-refractivity contribution in [1.82, 2.24) is 9.80 Å². The lowest BCUT2D eigenvalue weighted by Gasteiger charge is -2.26. The molecule has 2 heterocycles. The van der Waals surface area contributed by atoms with Crippen LogP contribution in [-0.4, -0.2) is 75.4 Å². The second-order valence-corrected chi connectivity index (χ2v) is 5.29. The van der Waals surface area contributed by atoms with E-state index in [1.807, 2.05) is 13.8 Å². The minimum atomic E-state index is 0.803. The van der Waals surface area contributed by atoms with E-state index in [1.54, 1.807) is 0 Å². The maximum absolute atomic E-state index is 5.42. The minimum Gasteiger partial charge on any atom is -0.379 e. The van der Waals surface area contributed by atoms with Crippen molar-refractivity contribution in [2.75, 3.05) is 65.6 Å². The SMILES string of the molecule is CC.NCCCN1CCOCC1.NCCN1CCCCC1. The maximum Gasteiger partial charge on any atom is 0.0594 e. The van der Waals surface area contributed by atoms with Crippen molar-refractivity contribution in [1.29, 1.82) is 0 Å². The van der Waals surface area contributed by atoms with Crippen molar-refractivity contribution in [2.45, 2.75) is 39.5 Å². The van der Waals surface area contributed by atoms with Gasteiger partial charge >= 0.3 is 0 Å². The zero-order valence-electron chi connectivity index (χ0n) is 14.4. The second-order valence-electron chi connectivity index (χ2n) is 5.29. The van der Waals surface area contributed by atoms with Gasteiger partial charge in [-0.3, -0.25) is 4.90 Å². The van der Waals surface area contributed by atoms with Crippen molar-refractivity contribution in [2.24, 2.45) is 11.5 Å². The molecular weight excluding hydrogens is 264 g/mol. The van der Waals surface area contributed by atoms with E-state index >= 15 is 0 Å². The van der Waals surface area contributed by atoms with Crippen LogP contribution in [0, 0.1) is 0 Å². The van der Waals surface area contributed by atoms with Crippen molar-refractivity contribution in [3.8, 4) is 0 Å². The third-order valence-corrected chi connectivity index (χ3v) is 3.68. The zero-order chi connectivity index (χ0) is 15.8. The molecule has 0 aromatic carbocycles. The third-order valence-electron chi connectivity index (χ3n) is 3.68. The van der Waals surface area contributed by atoms with Crippen molar-refractivity contribution >= 4 is 0 Å². The lowest BCUT2D eigenvalue weighted by atomic mass is 10.1. The van der Waals surface area contributed by atoms with E-state index in [1.165, 1.54) is 32.4 Å². The Bertz CT molecular complexity index is 190. The molecule has 0 atom stereocenters. The van der Waals surface area contributed by atoms with E-state index in [0.29, 0.717) is 0 Å². The standard InChI is InChI=1S/C7H16N2O.C7H16N2.C2H6/c8-2-1-3-9-4-6-10-7-5-9;8-4-7-9-5-2-1-3-6-9;1-2/h1-8H2;1-8H2;1-2H3. The van der Waals surface area contributed by atoms with Crippen LogP contribution < -0.4 is 11.5 Å². The van der Waals surface area contributed by atoms with Gasteiger partial charge in [0.1, 0.15) is 0 Å². The van der Waals surface area contributed by atoms with Gasteiger partial charge in [-0.2, -0.15) is 0 Å². The molecule has 2 fully saturated rings. The summed E-state index contributed by atoms with van der Waals surface area (Å²) in [5.41, 5.74) is 10.8. The highest BCUT2D eigenvalue weighted by Gasteiger charge is 2.08.